The molecule has 2 rings (SSSR count). The molecule has 1 unspecified atom stereocenters. The molecule has 19 heavy (non-hydrogen) atoms. The van der Waals surface area contributed by atoms with Gasteiger partial charge in [0.15, 0.2) is 0 Å². The Morgan fingerprint density at radius 3 is 2.74 bits per heavy atom. The van der Waals surface area contributed by atoms with E-state index in [9.17, 15) is 9.90 Å². The summed E-state index contributed by atoms with van der Waals surface area (Å²) in [7, 11) is 0. The van der Waals surface area contributed by atoms with Gasteiger partial charge in [-0.1, -0.05) is 43.7 Å². The van der Waals surface area contributed by atoms with Gasteiger partial charge in [0, 0.05) is 13.1 Å². The molecular formula is C16H23NO2. The molecule has 0 amide bonds. The number of carbonyl (C=O) groups is 1. The van der Waals surface area contributed by atoms with Crippen molar-refractivity contribution >= 4 is 5.97 Å². The van der Waals surface area contributed by atoms with Crippen molar-refractivity contribution in [3.05, 3.63) is 35.9 Å². The number of likely N-dealkylation sites (tertiary alicyclic amines) is 1. The molecule has 3 heteroatoms. The van der Waals surface area contributed by atoms with Crippen molar-refractivity contribution in [2.45, 2.75) is 32.6 Å². The zero-order valence-corrected chi connectivity index (χ0v) is 11.6. The van der Waals surface area contributed by atoms with Crippen LogP contribution in [0.4, 0.5) is 0 Å². The lowest BCUT2D eigenvalue weighted by molar-refractivity contribution is -0.148. The van der Waals surface area contributed by atoms with E-state index in [0.29, 0.717) is 6.54 Å². The standard InChI is InChI=1S/C16H23NO2/c1-2-9-16(15(18)19)10-12-17(13-16)11-8-14-6-4-3-5-7-14/h3-7H,2,8-13H2,1H3,(H,18,19). The van der Waals surface area contributed by atoms with Gasteiger partial charge in [-0.2, -0.15) is 0 Å². The predicted molar refractivity (Wildman–Crippen MR) is 76.2 cm³/mol. The number of benzene rings is 1. The second kappa shape index (κ2) is 6.20. The fourth-order valence-electron chi connectivity index (χ4n) is 3.05. The van der Waals surface area contributed by atoms with E-state index in [0.717, 1.165) is 38.8 Å². The molecule has 1 heterocycles. The van der Waals surface area contributed by atoms with E-state index in [1.807, 2.05) is 6.07 Å². The number of carboxylic acid groups (broad SMARTS) is 1. The molecule has 0 aromatic heterocycles. The van der Waals surface area contributed by atoms with Crippen LogP contribution in [-0.4, -0.2) is 35.6 Å². The molecule has 1 saturated heterocycles. The molecular weight excluding hydrogens is 238 g/mol. The Labute approximate surface area is 115 Å². The number of nitrogens with zero attached hydrogens (tertiary/aromatic N) is 1. The van der Waals surface area contributed by atoms with E-state index in [-0.39, 0.29) is 0 Å². The Balaban J connectivity index is 1.89. The number of carboxylic acids is 1. The SMILES string of the molecule is CCCC1(C(=O)O)CCN(CCc2ccccc2)C1. The van der Waals surface area contributed by atoms with Gasteiger partial charge in [0.05, 0.1) is 5.41 Å². The van der Waals surface area contributed by atoms with Crippen LogP contribution in [0, 0.1) is 5.41 Å². The van der Waals surface area contributed by atoms with Crippen molar-refractivity contribution < 1.29 is 9.90 Å². The second-order valence-corrected chi connectivity index (χ2v) is 5.60. The summed E-state index contributed by atoms with van der Waals surface area (Å²) in [6.07, 6.45) is 3.54. The first-order chi connectivity index (χ1) is 9.16. The van der Waals surface area contributed by atoms with Crippen LogP contribution in [0.5, 0.6) is 0 Å². The van der Waals surface area contributed by atoms with Gasteiger partial charge < -0.3 is 10.0 Å². The van der Waals surface area contributed by atoms with Crippen molar-refractivity contribution in [2.24, 2.45) is 5.41 Å². The highest BCUT2D eigenvalue weighted by atomic mass is 16.4. The molecule has 1 atom stereocenters. The fourth-order valence-corrected chi connectivity index (χ4v) is 3.05. The van der Waals surface area contributed by atoms with E-state index in [2.05, 4.69) is 36.1 Å². The summed E-state index contributed by atoms with van der Waals surface area (Å²) >= 11 is 0. The molecule has 0 radical (unpaired) electrons. The normalized spacial score (nSPS) is 23.6. The largest absolute Gasteiger partial charge is 0.481 e. The smallest absolute Gasteiger partial charge is 0.310 e. The van der Waals surface area contributed by atoms with Crippen LogP contribution in [0.15, 0.2) is 30.3 Å². The highest BCUT2D eigenvalue weighted by Crippen LogP contribution is 2.35. The maximum atomic E-state index is 11.5. The molecule has 0 aliphatic carbocycles. The Morgan fingerprint density at radius 2 is 2.11 bits per heavy atom. The molecule has 1 N–H and O–H groups in total. The van der Waals surface area contributed by atoms with Crippen LogP contribution in [0.2, 0.25) is 0 Å². The number of rotatable bonds is 6. The third kappa shape index (κ3) is 3.35. The lowest BCUT2D eigenvalue weighted by atomic mass is 9.83. The average Bonchev–Trinajstić information content (AvgIpc) is 2.83. The molecule has 1 aliphatic heterocycles. The van der Waals surface area contributed by atoms with Gasteiger partial charge in [-0.05, 0) is 31.4 Å². The van der Waals surface area contributed by atoms with Crippen LogP contribution < -0.4 is 0 Å². The molecule has 0 bridgehead atoms. The number of hydrogen-bond acceptors (Lipinski definition) is 2. The summed E-state index contributed by atoms with van der Waals surface area (Å²) in [6.45, 7) is 4.65. The van der Waals surface area contributed by atoms with Gasteiger partial charge in [0.25, 0.3) is 0 Å². The van der Waals surface area contributed by atoms with E-state index < -0.39 is 11.4 Å². The quantitative estimate of drug-likeness (QED) is 0.856. The number of hydrogen-bond donors (Lipinski definition) is 1. The summed E-state index contributed by atoms with van der Waals surface area (Å²) in [6, 6.07) is 10.4. The average molecular weight is 261 g/mol. The van der Waals surface area contributed by atoms with Crippen molar-refractivity contribution in [3.63, 3.8) is 0 Å². The first-order valence-electron chi connectivity index (χ1n) is 7.16. The Hall–Kier alpha value is -1.35. The molecule has 104 valence electrons. The maximum absolute atomic E-state index is 11.5. The lowest BCUT2D eigenvalue weighted by Crippen LogP contribution is -2.35. The minimum absolute atomic E-state index is 0.495. The van der Waals surface area contributed by atoms with E-state index in [1.54, 1.807) is 0 Å². The van der Waals surface area contributed by atoms with E-state index in [1.165, 1.54) is 5.56 Å². The van der Waals surface area contributed by atoms with Gasteiger partial charge in [0.2, 0.25) is 0 Å². The zero-order chi connectivity index (χ0) is 13.7. The molecule has 0 saturated carbocycles. The van der Waals surface area contributed by atoms with Crippen molar-refractivity contribution in [1.82, 2.24) is 4.90 Å². The Kier molecular flexibility index (Phi) is 4.59. The van der Waals surface area contributed by atoms with Crippen molar-refractivity contribution in [3.8, 4) is 0 Å². The van der Waals surface area contributed by atoms with Crippen molar-refractivity contribution in [1.29, 1.82) is 0 Å². The molecule has 1 fully saturated rings. The monoisotopic (exact) mass is 261 g/mol. The third-order valence-corrected chi connectivity index (χ3v) is 4.17. The van der Waals surface area contributed by atoms with Gasteiger partial charge in [-0.3, -0.25) is 4.79 Å². The van der Waals surface area contributed by atoms with Gasteiger partial charge >= 0.3 is 5.97 Å². The Bertz CT molecular complexity index is 418. The fraction of sp³-hybridized carbons (Fsp3) is 0.562. The number of aliphatic carboxylic acids is 1. The highest BCUT2D eigenvalue weighted by molar-refractivity contribution is 5.75. The summed E-state index contributed by atoms with van der Waals surface area (Å²) in [5.74, 6) is -0.614. The minimum atomic E-state index is -0.614. The topological polar surface area (TPSA) is 40.5 Å². The molecule has 3 nitrogen and oxygen atoms in total. The summed E-state index contributed by atoms with van der Waals surface area (Å²) in [4.78, 5) is 13.8. The van der Waals surface area contributed by atoms with E-state index >= 15 is 0 Å². The highest BCUT2D eigenvalue weighted by Gasteiger charge is 2.43. The second-order valence-electron chi connectivity index (χ2n) is 5.60. The van der Waals surface area contributed by atoms with E-state index in [4.69, 9.17) is 0 Å². The van der Waals surface area contributed by atoms with Crippen LogP contribution in [-0.2, 0) is 11.2 Å². The molecule has 1 aliphatic rings. The zero-order valence-electron chi connectivity index (χ0n) is 11.6. The first-order valence-corrected chi connectivity index (χ1v) is 7.16. The van der Waals surface area contributed by atoms with Crippen LogP contribution in [0.3, 0.4) is 0 Å². The van der Waals surface area contributed by atoms with Crippen LogP contribution >= 0.6 is 0 Å². The summed E-state index contributed by atoms with van der Waals surface area (Å²) in [5, 5.41) is 9.47. The maximum Gasteiger partial charge on any atom is 0.310 e. The third-order valence-electron chi connectivity index (χ3n) is 4.17. The van der Waals surface area contributed by atoms with Crippen LogP contribution in [0.1, 0.15) is 31.7 Å². The van der Waals surface area contributed by atoms with Crippen molar-refractivity contribution in [2.75, 3.05) is 19.6 Å². The van der Waals surface area contributed by atoms with Gasteiger partial charge in [-0.15, -0.1) is 0 Å². The van der Waals surface area contributed by atoms with Gasteiger partial charge in [0.1, 0.15) is 0 Å². The summed E-state index contributed by atoms with van der Waals surface area (Å²) < 4.78 is 0. The molecule has 1 aromatic rings. The lowest BCUT2D eigenvalue weighted by Gasteiger charge is -2.24. The Morgan fingerprint density at radius 1 is 1.37 bits per heavy atom. The predicted octanol–water partition coefficient (Wildman–Crippen LogP) is 2.81. The first kappa shape index (κ1) is 14.1. The van der Waals surface area contributed by atoms with Gasteiger partial charge in [-0.25, -0.2) is 0 Å². The molecule has 0 spiro atoms. The van der Waals surface area contributed by atoms with Crippen LogP contribution in [0.25, 0.3) is 0 Å². The molecule has 1 aromatic carbocycles. The summed E-state index contributed by atoms with van der Waals surface area (Å²) in [5.41, 5.74) is 0.830. The minimum Gasteiger partial charge on any atom is -0.481 e.